The van der Waals surface area contributed by atoms with Gasteiger partial charge < -0.3 is 0 Å². The van der Waals surface area contributed by atoms with E-state index in [4.69, 9.17) is 10.2 Å². The Morgan fingerprint density at radius 3 is 2.62 bits per heavy atom. The molecule has 2 heterocycles. The van der Waals surface area contributed by atoms with E-state index in [9.17, 15) is 0 Å². The molecule has 5 nitrogen and oxygen atoms in total. The average Bonchev–Trinajstić information content (AvgIpc) is 3.05. The summed E-state index contributed by atoms with van der Waals surface area (Å²) in [6.07, 6.45) is 1.99. The molecule has 4 aromatic rings. The summed E-state index contributed by atoms with van der Waals surface area (Å²) in [5.41, 5.74) is 4.86. The molecule has 0 amide bonds. The topological polar surface area (TPSA) is 65.8 Å². The molecule has 0 aliphatic carbocycles. The van der Waals surface area contributed by atoms with Crippen molar-refractivity contribution in [3.05, 3.63) is 84.1 Å². The first-order valence-corrected chi connectivity index (χ1v) is 8.20. The maximum atomic E-state index is 9.04. The van der Waals surface area contributed by atoms with Crippen molar-refractivity contribution in [2.24, 2.45) is 10.2 Å². The third kappa shape index (κ3) is 2.96. The molecule has 0 atom stereocenters. The van der Waals surface area contributed by atoms with Crippen LogP contribution >= 0.6 is 0 Å². The Bertz CT molecular complexity index is 1150. The highest BCUT2D eigenvalue weighted by Crippen LogP contribution is 2.32. The van der Waals surface area contributed by atoms with Gasteiger partial charge in [0.15, 0.2) is 5.82 Å². The summed E-state index contributed by atoms with van der Waals surface area (Å²) >= 11 is 0. The first kappa shape index (κ1) is 15.7. The van der Waals surface area contributed by atoms with Crippen LogP contribution in [0.4, 0.5) is 11.5 Å². The van der Waals surface area contributed by atoms with Crippen LogP contribution in [0.25, 0.3) is 16.9 Å². The van der Waals surface area contributed by atoms with Crippen molar-refractivity contribution in [1.82, 2.24) is 9.38 Å². The van der Waals surface area contributed by atoms with Crippen LogP contribution in [0.1, 0.15) is 11.1 Å². The van der Waals surface area contributed by atoms with Crippen LogP contribution in [0.2, 0.25) is 0 Å². The van der Waals surface area contributed by atoms with Crippen LogP contribution in [-0.2, 0) is 0 Å². The molecular weight excluding hydrogens is 322 g/mol. The van der Waals surface area contributed by atoms with Gasteiger partial charge in [0.05, 0.1) is 17.3 Å². The van der Waals surface area contributed by atoms with Crippen molar-refractivity contribution in [3.63, 3.8) is 0 Å². The fourth-order valence-corrected chi connectivity index (χ4v) is 2.77. The largest absolute Gasteiger partial charge is 0.282 e. The molecule has 0 aliphatic rings. The van der Waals surface area contributed by atoms with Gasteiger partial charge in [0.1, 0.15) is 11.3 Å². The molecule has 0 saturated carbocycles. The van der Waals surface area contributed by atoms with E-state index in [1.165, 1.54) is 0 Å². The number of fused-ring (bicyclic) bond motifs is 1. The van der Waals surface area contributed by atoms with Gasteiger partial charge in [-0.1, -0.05) is 42.5 Å². The zero-order valence-electron chi connectivity index (χ0n) is 14.2. The van der Waals surface area contributed by atoms with Gasteiger partial charge >= 0.3 is 0 Å². The molecule has 0 saturated heterocycles. The number of azo groups is 1. The summed E-state index contributed by atoms with van der Waals surface area (Å²) < 4.78 is 1.94. The smallest absolute Gasteiger partial charge is 0.187 e. The average molecular weight is 337 g/mol. The Morgan fingerprint density at radius 1 is 0.962 bits per heavy atom. The third-order valence-corrected chi connectivity index (χ3v) is 4.02. The number of nitriles is 1. The number of pyridine rings is 1. The lowest BCUT2D eigenvalue weighted by atomic mass is 10.1. The fraction of sp³-hybridized carbons (Fsp3) is 0.0476. The number of aryl methyl sites for hydroxylation is 1. The van der Waals surface area contributed by atoms with Crippen molar-refractivity contribution in [2.75, 3.05) is 0 Å². The molecule has 5 heteroatoms. The molecule has 124 valence electrons. The maximum absolute atomic E-state index is 9.04. The lowest BCUT2D eigenvalue weighted by molar-refractivity contribution is 1.09. The van der Waals surface area contributed by atoms with Gasteiger partial charge in [-0.05, 0) is 36.8 Å². The van der Waals surface area contributed by atoms with E-state index >= 15 is 0 Å². The van der Waals surface area contributed by atoms with Crippen LogP contribution in [-0.4, -0.2) is 9.38 Å². The van der Waals surface area contributed by atoms with E-state index in [-0.39, 0.29) is 0 Å². The zero-order chi connectivity index (χ0) is 17.9. The van der Waals surface area contributed by atoms with E-state index in [1.807, 2.05) is 66.1 Å². The van der Waals surface area contributed by atoms with Crippen molar-refractivity contribution in [2.45, 2.75) is 6.92 Å². The first-order valence-electron chi connectivity index (χ1n) is 8.20. The predicted molar refractivity (Wildman–Crippen MR) is 101 cm³/mol. The summed E-state index contributed by atoms with van der Waals surface area (Å²) in [6.45, 7) is 2.03. The minimum atomic E-state index is 0.554. The summed E-state index contributed by atoms with van der Waals surface area (Å²) in [5, 5.41) is 17.9. The molecule has 0 N–H and O–H groups in total. The Labute approximate surface area is 150 Å². The Kier molecular flexibility index (Phi) is 4.00. The van der Waals surface area contributed by atoms with Crippen LogP contribution < -0.4 is 0 Å². The second kappa shape index (κ2) is 6.61. The van der Waals surface area contributed by atoms with Gasteiger partial charge in [-0.3, -0.25) is 4.40 Å². The van der Waals surface area contributed by atoms with Crippen LogP contribution in [0, 0.1) is 18.3 Å². The molecule has 4 rings (SSSR count). The summed E-state index contributed by atoms with van der Waals surface area (Å²) in [5.74, 6) is 0.664. The molecular formula is C21H15N5. The lowest BCUT2D eigenvalue weighted by Gasteiger charge is -2.00. The molecule has 0 unspecified atom stereocenters. The number of hydrogen-bond donors (Lipinski definition) is 0. The molecule has 0 spiro atoms. The Morgan fingerprint density at radius 2 is 1.81 bits per heavy atom. The van der Waals surface area contributed by atoms with Crippen molar-refractivity contribution in [3.8, 4) is 17.3 Å². The minimum absolute atomic E-state index is 0.554. The highest BCUT2D eigenvalue weighted by molar-refractivity contribution is 5.74. The number of imidazole rings is 1. The molecule has 26 heavy (non-hydrogen) atoms. The van der Waals surface area contributed by atoms with Crippen molar-refractivity contribution < 1.29 is 0 Å². The van der Waals surface area contributed by atoms with Gasteiger partial charge in [-0.25, -0.2) is 4.98 Å². The molecule has 0 fully saturated rings. The van der Waals surface area contributed by atoms with E-state index in [2.05, 4.69) is 16.3 Å². The minimum Gasteiger partial charge on any atom is -0.282 e. The lowest BCUT2D eigenvalue weighted by Crippen LogP contribution is -1.85. The SMILES string of the molecule is Cc1ccc2nc(-c3ccccc3)c(N=Nc3cccc(C#N)c3)n2c1. The summed E-state index contributed by atoms with van der Waals surface area (Å²) in [4.78, 5) is 4.73. The number of nitrogens with zero attached hydrogens (tertiary/aromatic N) is 5. The Balaban J connectivity index is 1.88. The van der Waals surface area contributed by atoms with Crippen LogP contribution in [0.3, 0.4) is 0 Å². The number of benzene rings is 2. The van der Waals surface area contributed by atoms with Gasteiger partial charge in [0, 0.05) is 11.8 Å². The van der Waals surface area contributed by atoms with Crippen molar-refractivity contribution in [1.29, 1.82) is 5.26 Å². The molecule has 2 aromatic heterocycles. The van der Waals surface area contributed by atoms with Gasteiger partial charge in [0.25, 0.3) is 0 Å². The highest BCUT2D eigenvalue weighted by Gasteiger charge is 2.14. The fourth-order valence-electron chi connectivity index (χ4n) is 2.77. The van der Waals surface area contributed by atoms with Gasteiger partial charge in [-0.2, -0.15) is 5.26 Å². The van der Waals surface area contributed by atoms with E-state index < -0.39 is 0 Å². The van der Waals surface area contributed by atoms with Crippen LogP contribution in [0.15, 0.2) is 83.2 Å². The number of rotatable bonds is 3. The molecule has 0 aliphatic heterocycles. The van der Waals surface area contributed by atoms with Crippen LogP contribution in [0.5, 0.6) is 0 Å². The van der Waals surface area contributed by atoms with Crippen molar-refractivity contribution >= 4 is 17.2 Å². The second-order valence-electron chi connectivity index (χ2n) is 5.95. The standard InChI is InChI=1S/C21H15N5/c1-15-10-11-19-23-20(17-7-3-2-4-8-17)21(26(19)14-15)25-24-18-9-5-6-16(12-18)13-22/h2-12,14H,1H3. The normalized spacial score (nSPS) is 11.1. The van der Waals surface area contributed by atoms with E-state index in [0.29, 0.717) is 17.1 Å². The second-order valence-corrected chi connectivity index (χ2v) is 5.95. The summed E-state index contributed by atoms with van der Waals surface area (Å²) in [6, 6.07) is 23.1. The number of hydrogen-bond acceptors (Lipinski definition) is 4. The number of aromatic nitrogens is 2. The summed E-state index contributed by atoms with van der Waals surface area (Å²) in [7, 11) is 0. The monoisotopic (exact) mass is 337 g/mol. The van der Waals surface area contributed by atoms with Gasteiger partial charge in [0.2, 0.25) is 0 Å². The van der Waals surface area contributed by atoms with Gasteiger partial charge in [-0.15, -0.1) is 10.2 Å². The van der Waals surface area contributed by atoms with E-state index in [0.717, 1.165) is 22.5 Å². The maximum Gasteiger partial charge on any atom is 0.187 e. The molecule has 0 bridgehead atoms. The Hall–Kier alpha value is -3.78. The first-order chi connectivity index (χ1) is 12.7. The van der Waals surface area contributed by atoms with E-state index in [1.54, 1.807) is 18.2 Å². The highest BCUT2D eigenvalue weighted by atomic mass is 15.2. The molecule has 0 radical (unpaired) electrons. The predicted octanol–water partition coefficient (Wildman–Crippen LogP) is 5.60. The third-order valence-electron chi connectivity index (χ3n) is 4.02. The quantitative estimate of drug-likeness (QED) is 0.457. The zero-order valence-corrected chi connectivity index (χ0v) is 14.2. The molecule has 2 aromatic carbocycles.